The van der Waals surface area contributed by atoms with E-state index in [1.54, 1.807) is 33.9 Å². The number of carbonyl (C=O) groups excluding carboxylic acids is 2. The SMILES string of the molecule is CC(NC(=O)OC(C)(C)C)C(OC(=O)CS)c1c[nH]c2ccccc12. The lowest BCUT2D eigenvalue weighted by molar-refractivity contribution is -0.147. The topological polar surface area (TPSA) is 80.4 Å². The first-order valence-corrected chi connectivity index (χ1v) is 8.70. The fraction of sp³-hybridized carbons (Fsp3) is 0.444. The summed E-state index contributed by atoms with van der Waals surface area (Å²) in [7, 11) is 0. The van der Waals surface area contributed by atoms with Gasteiger partial charge < -0.3 is 19.8 Å². The molecule has 0 radical (unpaired) electrons. The van der Waals surface area contributed by atoms with E-state index in [2.05, 4.69) is 22.9 Å². The molecule has 0 aliphatic carbocycles. The summed E-state index contributed by atoms with van der Waals surface area (Å²) in [6.07, 6.45) is 0.559. The van der Waals surface area contributed by atoms with Crippen LogP contribution in [0.25, 0.3) is 10.9 Å². The Balaban J connectivity index is 2.26. The van der Waals surface area contributed by atoms with Crippen LogP contribution >= 0.6 is 12.6 Å². The van der Waals surface area contributed by atoms with Crippen LogP contribution in [0.3, 0.4) is 0 Å². The molecule has 2 unspecified atom stereocenters. The summed E-state index contributed by atoms with van der Waals surface area (Å²) in [5.74, 6) is -0.505. The first-order chi connectivity index (χ1) is 11.7. The number of H-pyrrole nitrogens is 1. The maximum atomic E-state index is 12.1. The van der Waals surface area contributed by atoms with E-state index in [1.807, 2.05) is 24.3 Å². The Morgan fingerprint density at radius 1 is 1.28 bits per heavy atom. The molecule has 7 heteroatoms. The van der Waals surface area contributed by atoms with Gasteiger partial charge in [-0.2, -0.15) is 12.6 Å². The highest BCUT2D eigenvalue weighted by Gasteiger charge is 2.28. The average Bonchev–Trinajstić information content (AvgIpc) is 2.94. The zero-order valence-corrected chi connectivity index (χ0v) is 15.7. The van der Waals surface area contributed by atoms with Crippen LogP contribution in [-0.4, -0.2) is 34.4 Å². The van der Waals surface area contributed by atoms with E-state index in [0.29, 0.717) is 0 Å². The molecule has 1 aromatic carbocycles. The minimum atomic E-state index is -0.664. The van der Waals surface area contributed by atoms with E-state index in [9.17, 15) is 9.59 Å². The maximum absolute atomic E-state index is 12.1. The van der Waals surface area contributed by atoms with Gasteiger partial charge in [-0.25, -0.2) is 4.79 Å². The summed E-state index contributed by atoms with van der Waals surface area (Å²) in [5.41, 5.74) is 1.10. The van der Waals surface area contributed by atoms with Crippen molar-refractivity contribution < 1.29 is 19.1 Å². The molecule has 1 aromatic heterocycles. The Morgan fingerprint density at radius 3 is 2.60 bits per heavy atom. The number of benzene rings is 1. The third-order valence-corrected chi connectivity index (χ3v) is 3.77. The molecule has 2 atom stereocenters. The smallest absolute Gasteiger partial charge is 0.408 e. The molecule has 0 bridgehead atoms. The molecule has 0 aliphatic rings. The number of aromatic amines is 1. The Hall–Kier alpha value is -2.15. The van der Waals surface area contributed by atoms with Crippen LogP contribution in [0.5, 0.6) is 0 Å². The van der Waals surface area contributed by atoms with Crippen LogP contribution in [0.1, 0.15) is 39.4 Å². The second-order valence-corrected chi connectivity index (χ2v) is 7.11. The number of nitrogens with one attached hydrogen (secondary N) is 2. The zero-order valence-electron chi connectivity index (χ0n) is 14.8. The lowest BCUT2D eigenvalue weighted by Gasteiger charge is -2.27. The first-order valence-electron chi connectivity index (χ1n) is 8.07. The summed E-state index contributed by atoms with van der Waals surface area (Å²) in [4.78, 5) is 27.0. The van der Waals surface area contributed by atoms with E-state index in [-0.39, 0.29) is 5.75 Å². The number of aromatic nitrogens is 1. The van der Waals surface area contributed by atoms with E-state index in [1.165, 1.54) is 0 Å². The van der Waals surface area contributed by atoms with Crippen molar-refractivity contribution in [3.05, 3.63) is 36.0 Å². The largest absolute Gasteiger partial charge is 0.455 e. The fourth-order valence-electron chi connectivity index (χ4n) is 2.51. The van der Waals surface area contributed by atoms with E-state index >= 15 is 0 Å². The monoisotopic (exact) mass is 364 g/mol. The molecule has 0 saturated carbocycles. The van der Waals surface area contributed by atoms with E-state index in [0.717, 1.165) is 16.5 Å². The third kappa shape index (κ3) is 5.16. The zero-order chi connectivity index (χ0) is 18.6. The summed E-state index contributed by atoms with van der Waals surface area (Å²) in [6, 6.07) is 7.20. The van der Waals surface area contributed by atoms with Crippen molar-refractivity contribution in [1.29, 1.82) is 0 Å². The van der Waals surface area contributed by atoms with Gasteiger partial charge in [0.05, 0.1) is 11.8 Å². The number of esters is 1. The van der Waals surface area contributed by atoms with Gasteiger partial charge in [0.15, 0.2) is 0 Å². The second kappa shape index (κ2) is 7.82. The quantitative estimate of drug-likeness (QED) is 0.559. The summed E-state index contributed by atoms with van der Waals surface area (Å²) < 4.78 is 10.8. The van der Waals surface area contributed by atoms with E-state index < -0.39 is 29.8 Å². The number of rotatable bonds is 5. The molecular formula is C18H24N2O4S. The van der Waals surface area contributed by atoms with Gasteiger partial charge in [-0.3, -0.25) is 4.79 Å². The fourth-order valence-corrected chi connectivity index (χ4v) is 2.59. The number of hydrogen-bond acceptors (Lipinski definition) is 5. The molecule has 0 aliphatic heterocycles. The molecule has 25 heavy (non-hydrogen) atoms. The molecule has 6 nitrogen and oxygen atoms in total. The molecule has 2 rings (SSSR count). The standard InChI is InChI=1S/C18H24N2O4S/c1-11(20-17(22)24-18(2,3)4)16(23-15(21)10-25)13-9-19-14-8-6-5-7-12(13)14/h5-9,11,16,19,25H,10H2,1-4H3,(H,20,22). The highest BCUT2D eigenvalue weighted by molar-refractivity contribution is 7.81. The minimum absolute atomic E-state index is 0.0436. The van der Waals surface area contributed by atoms with Gasteiger partial charge in [-0.1, -0.05) is 18.2 Å². The number of fused-ring (bicyclic) bond motifs is 1. The van der Waals surface area contributed by atoms with E-state index in [4.69, 9.17) is 9.47 Å². The predicted molar refractivity (Wildman–Crippen MR) is 99.8 cm³/mol. The van der Waals surface area contributed by atoms with Crippen molar-refractivity contribution in [2.75, 3.05) is 5.75 Å². The molecule has 136 valence electrons. The predicted octanol–water partition coefficient (Wildman–Crippen LogP) is 3.60. The van der Waals surface area contributed by atoms with Crippen molar-refractivity contribution in [3.8, 4) is 0 Å². The van der Waals surface area contributed by atoms with Gasteiger partial charge in [0.1, 0.15) is 11.7 Å². The minimum Gasteiger partial charge on any atom is -0.455 e. The lowest BCUT2D eigenvalue weighted by Crippen LogP contribution is -2.41. The molecular weight excluding hydrogens is 340 g/mol. The summed E-state index contributed by atoms with van der Waals surface area (Å²) in [6.45, 7) is 7.13. The lowest BCUT2D eigenvalue weighted by atomic mass is 10.0. The normalized spacial score (nSPS) is 14.0. The van der Waals surface area contributed by atoms with Gasteiger partial charge in [-0.05, 0) is 33.8 Å². The number of ether oxygens (including phenoxy) is 2. The molecule has 1 amide bonds. The number of hydrogen-bond donors (Lipinski definition) is 3. The Morgan fingerprint density at radius 2 is 1.96 bits per heavy atom. The highest BCUT2D eigenvalue weighted by Crippen LogP contribution is 2.29. The second-order valence-electron chi connectivity index (χ2n) is 6.79. The maximum Gasteiger partial charge on any atom is 0.408 e. The highest BCUT2D eigenvalue weighted by atomic mass is 32.1. The Kier molecular flexibility index (Phi) is 6.00. The number of para-hydroxylation sites is 1. The number of amides is 1. The van der Waals surface area contributed by atoms with Gasteiger partial charge in [0.25, 0.3) is 0 Å². The molecule has 2 aromatic rings. The molecule has 0 fully saturated rings. The molecule has 0 spiro atoms. The van der Waals surface area contributed by atoms with Crippen LogP contribution in [0, 0.1) is 0 Å². The summed E-state index contributed by atoms with van der Waals surface area (Å²) in [5, 5.41) is 3.67. The Bertz CT molecular complexity index is 751. The van der Waals surface area contributed by atoms with Gasteiger partial charge in [0, 0.05) is 22.7 Å². The van der Waals surface area contributed by atoms with Gasteiger partial charge in [-0.15, -0.1) is 0 Å². The van der Waals surface area contributed by atoms with Crippen LogP contribution in [-0.2, 0) is 14.3 Å². The van der Waals surface area contributed by atoms with Crippen molar-refractivity contribution in [2.24, 2.45) is 0 Å². The molecule has 1 heterocycles. The first kappa shape index (κ1) is 19.2. The average molecular weight is 364 g/mol. The molecule has 0 saturated heterocycles. The van der Waals surface area contributed by atoms with Crippen molar-refractivity contribution >= 4 is 35.6 Å². The summed E-state index contributed by atoms with van der Waals surface area (Å²) >= 11 is 3.96. The van der Waals surface area contributed by atoms with Crippen LogP contribution in [0.4, 0.5) is 4.79 Å². The number of thiol groups is 1. The van der Waals surface area contributed by atoms with Crippen molar-refractivity contribution in [3.63, 3.8) is 0 Å². The van der Waals surface area contributed by atoms with Crippen molar-refractivity contribution in [2.45, 2.75) is 45.4 Å². The van der Waals surface area contributed by atoms with Crippen molar-refractivity contribution in [1.82, 2.24) is 10.3 Å². The third-order valence-electron chi connectivity index (χ3n) is 3.51. The van der Waals surface area contributed by atoms with Gasteiger partial charge >= 0.3 is 12.1 Å². The Labute approximate surface area is 152 Å². The van der Waals surface area contributed by atoms with Gasteiger partial charge in [0.2, 0.25) is 0 Å². The van der Waals surface area contributed by atoms with Crippen LogP contribution in [0.2, 0.25) is 0 Å². The number of alkyl carbamates (subject to hydrolysis) is 1. The van der Waals surface area contributed by atoms with Crippen LogP contribution < -0.4 is 5.32 Å². The van der Waals surface area contributed by atoms with Crippen LogP contribution in [0.15, 0.2) is 30.5 Å². The molecule has 2 N–H and O–H groups in total. The number of carbonyl (C=O) groups is 2.